The van der Waals surface area contributed by atoms with Crippen molar-refractivity contribution in [2.75, 3.05) is 33.4 Å². The van der Waals surface area contributed by atoms with Crippen LogP contribution in [0, 0.1) is 0 Å². The zero-order valence-corrected chi connectivity index (χ0v) is 22.6. The van der Waals surface area contributed by atoms with Crippen molar-refractivity contribution < 1.29 is 46.2 Å². The molecule has 0 saturated carbocycles. The Hall–Kier alpha value is -2.02. The van der Waals surface area contributed by atoms with E-state index in [-0.39, 0.29) is 32.6 Å². The van der Waals surface area contributed by atoms with E-state index < -0.39 is 41.8 Å². The summed E-state index contributed by atoms with van der Waals surface area (Å²) in [6.45, 7) is 8.12. The predicted molar refractivity (Wildman–Crippen MR) is 133 cm³/mol. The molecule has 3 aliphatic heterocycles. The average molecular weight is 543 g/mol. The largest absolute Gasteiger partial charge is 0.497 e. The molecule has 1 spiro atoms. The minimum Gasteiger partial charge on any atom is -0.497 e. The fraction of sp³-hybridized carbons (Fsp3) is 0.731. The highest BCUT2D eigenvalue weighted by atomic mass is 19.4. The third kappa shape index (κ3) is 6.40. The van der Waals surface area contributed by atoms with E-state index in [9.17, 15) is 18.0 Å². The molecule has 0 N–H and O–H groups in total. The number of hydrogen-bond donors (Lipinski definition) is 0. The topological polar surface area (TPSA) is 75.7 Å². The average Bonchev–Trinajstić information content (AvgIpc) is 3.35. The van der Waals surface area contributed by atoms with Gasteiger partial charge in [0.2, 0.25) is 6.10 Å². The number of ether oxygens (including phenoxy) is 4. The highest BCUT2D eigenvalue weighted by molar-refractivity contribution is 6.47. The van der Waals surface area contributed by atoms with Gasteiger partial charge in [0.15, 0.2) is 0 Å². The van der Waals surface area contributed by atoms with Crippen LogP contribution in [0.25, 0.3) is 0 Å². The number of benzene rings is 1. The van der Waals surface area contributed by atoms with Crippen LogP contribution in [-0.2, 0) is 30.1 Å². The van der Waals surface area contributed by atoms with Gasteiger partial charge in [0.05, 0.1) is 37.1 Å². The lowest BCUT2D eigenvalue weighted by atomic mass is 9.67. The van der Waals surface area contributed by atoms with Gasteiger partial charge in [-0.1, -0.05) is 12.1 Å². The smallest absolute Gasteiger partial charge is 0.463 e. The van der Waals surface area contributed by atoms with Gasteiger partial charge in [0.25, 0.3) is 0 Å². The van der Waals surface area contributed by atoms with Crippen LogP contribution >= 0.6 is 0 Å². The van der Waals surface area contributed by atoms with E-state index in [1.807, 2.05) is 27.7 Å². The first-order valence-electron chi connectivity index (χ1n) is 13.0. The van der Waals surface area contributed by atoms with Gasteiger partial charge in [0, 0.05) is 25.5 Å². The maximum atomic E-state index is 13.6. The SMILES string of the molecule is COc1ccc(COC[C@@H](OC(=O)N2CCC3(CC2)CC(B2OC(C)(C)C(C)(C)O2)CO3)C(F)(F)F)cc1. The second-order valence-corrected chi connectivity index (χ2v) is 11.3. The van der Waals surface area contributed by atoms with Crippen molar-refractivity contribution in [3.8, 4) is 5.75 Å². The summed E-state index contributed by atoms with van der Waals surface area (Å²) in [5, 5.41) is 0. The summed E-state index contributed by atoms with van der Waals surface area (Å²) in [7, 11) is 1.14. The van der Waals surface area contributed by atoms with E-state index in [1.165, 1.54) is 12.0 Å². The van der Waals surface area contributed by atoms with Crippen molar-refractivity contribution in [2.24, 2.45) is 0 Å². The summed E-state index contributed by atoms with van der Waals surface area (Å²) >= 11 is 0. The van der Waals surface area contributed by atoms with E-state index in [2.05, 4.69) is 0 Å². The normalized spacial score (nSPS) is 25.0. The molecule has 8 nitrogen and oxygen atoms in total. The summed E-state index contributed by atoms with van der Waals surface area (Å²) in [6.07, 6.45) is -6.41. The Bertz CT molecular complexity index is 949. The molecule has 12 heteroatoms. The van der Waals surface area contributed by atoms with Crippen molar-refractivity contribution >= 4 is 13.2 Å². The monoisotopic (exact) mass is 543 g/mol. The van der Waals surface area contributed by atoms with Crippen LogP contribution in [0.5, 0.6) is 5.75 Å². The van der Waals surface area contributed by atoms with Crippen LogP contribution in [0.15, 0.2) is 24.3 Å². The van der Waals surface area contributed by atoms with Crippen molar-refractivity contribution in [2.45, 2.75) is 88.5 Å². The molecular weight excluding hydrogens is 506 g/mol. The van der Waals surface area contributed by atoms with Crippen LogP contribution in [0.1, 0.15) is 52.5 Å². The number of carbonyl (C=O) groups excluding carboxylic acids is 1. The van der Waals surface area contributed by atoms with Gasteiger partial charge in [0.1, 0.15) is 5.75 Å². The number of rotatable bonds is 7. The predicted octanol–water partition coefficient (Wildman–Crippen LogP) is 5.00. The molecule has 1 aromatic carbocycles. The first kappa shape index (κ1) is 29.0. The Labute approximate surface area is 222 Å². The van der Waals surface area contributed by atoms with Gasteiger partial charge in [-0.05, 0) is 64.7 Å². The number of halogens is 3. The number of piperidine rings is 1. The standard InChI is InChI=1S/C26H37BF3NO7/c1-23(2)24(3,4)38-27(37-23)19-14-25(35-16-19)10-12-31(13-11-25)22(32)36-21(26(28,29)30)17-34-15-18-6-8-20(33-5)9-7-18/h6-9,19,21H,10-17H2,1-5H3/t19?,21-/m1/s1. The van der Waals surface area contributed by atoms with Gasteiger partial charge in [-0.25, -0.2) is 4.79 Å². The van der Waals surface area contributed by atoms with Gasteiger partial charge >= 0.3 is 19.4 Å². The van der Waals surface area contributed by atoms with Gasteiger partial charge in [-0.2, -0.15) is 13.2 Å². The third-order valence-electron chi connectivity index (χ3n) is 8.13. The van der Waals surface area contributed by atoms with E-state index in [0.29, 0.717) is 37.2 Å². The Balaban J connectivity index is 1.25. The molecule has 3 fully saturated rings. The molecule has 212 valence electrons. The molecule has 1 aromatic rings. The summed E-state index contributed by atoms with van der Waals surface area (Å²) in [5.41, 5.74) is -0.646. The van der Waals surface area contributed by atoms with Gasteiger partial charge in [-0.3, -0.25) is 0 Å². The van der Waals surface area contributed by atoms with Crippen LogP contribution in [0.3, 0.4) is 0 Å². The summed E-state index contributed by atoms with van der Waals surface area (Å²) in [6, 6.07) is 6.77. The Morgan fingerprint density at radius 2 is 1.71 bits per heavy atom. The number of alkyl halides is 3. The zero-order chi connectivity index (χ0) is 27.8. The minimum absolute atomic E-state index is 0.0482. The Morgan fingerprint density at radius 1 is 1.11 bits per heavy atom. The van der Waals surface area contributed by atoms with E-state index in [4.69, 9.17) is 28.3 Å². The maximum Gasteiger partial charge on any atom is 0.463 e. The van der Waals surface area contributed by atoms with Crippen LogP contribution in [-0.4, -0.2) is 80.6 Å². The molecule has 0 radical (unpaired) electrons. The van der Waals surface area contributed by atoms with E-state index in [1.54, 1.807) is 24.3 Å². The molecule has 3 aliphatic rings. The number of carbonyl (C=O) groups is 1. The van der Waals surface area contributed by atoms with Crippen molar-refractivity contribution in [3.63, 3.8) is 0 Å². The molecular formula is C26H37BF3NO7. The lowest BCUT2D eigenvalue weighted by molar-refractivity contribution is -0.220. The summed E-state index contributed by atoms with van der Waals surface area (Å²) in [5.74, 6) is 0.679. The van der Waals surface area contributed by atoms with E-state index >= 15 is 0 Å². The number of methoxy groups -OCH3 is 1. The van der Waals surface area contributed by atoms with Crippen LogP contribution in [0.4, 0.5) is 18.0 Å². The second-order valence-electron chi connectivity index (χ2n) is 11.3. The van der Waals surface area contributed by atoms with Crippen molar-refractivity contribution in [1.82, 2.24) is 4.90 Å². The zero-order valence-electron chi connectivity index (χ0n) is 22.6. The molecule has 1 amide bonds. The molecule has 38 heavy (non-hydrogen) atoms. The lowest BCUT2D eigenvalue weighted by Gasteiger charge is -2.38. The number of likely N-dealkylation sites (tertiary alicyclic amines) is 1. The second kappa shape index (κ2) is 10.9. The van der Waals surface area contributed by atoms with Crippen molar-refractivity contribution in [3.05, 3.63) is 29.8 Å². The van der Waals surface area contributed by atoms with Crippen LogP contribution < -0.4 is 4.74 Å². The third-order valence-corrected chi connectivity index (χ3v) is 8.13. The minimum atomic E-state index is -4.75. The van der Waals surface area contributed by atoms with Gasteiger partial charge in [-0.15, -0.1) is 0 Å². The van der Waals surface area contributed by atoms with Crippen molar-refractivity contribution in [1.29, 1.82) is 0 Å². The highest BCUT2D eigenvalue weighted by Gasteiger charge is 2.57. The van der Waals surface area contributed by atoms with Gasteiger partial charge < -0.3 is 33.2 Å². The summed E-state index contributed by atoms with van der Waals surface area (Å²) in [4.78, 5) is 13.9. The molecule has 4 rings (SSSR count). The highest BCUT2D eigenvalue weighted by Crippen LogP contribution is 2.47. The first-order valence-corrected chi connectivity index (χ1v) is 13.0. The summed E-state index contributed by atoms with van der Waals surface area (Å²) < 4.78 is 74.4. The number of hydrogen-bond acceptors (Lipinski definition) is 7. The van der Waals surface area contributed by atoms with E-state index in [0.717, 1.165) is 0 Å². The number of nitrogens with zero attached hydrogens (tertiary/aromatic N) is 1. The van der Waals surface area contributed by atoms with Crippen LogP contribution in [0.2, 0.25) is 5.82 Å². The first-order chi connectivity index (χ1) is 17.7. The molecule has 3 heterocycles. The Morgan fingerprint density at radius 3 is 2.26 bits per heavy atom. The molecule has 2 atom stereocenters. The number of amides is 1. The quantitative estimate of drug-likeness (QED) is 0.449. The molecule has 1 unspecified atom stereocenters. The Kier molecular flexibility index (Phi) is 8.29. The lowest BCUT2D eigenvalue weighted by Crippen LogP contribution is -2.49. The molecule has 0 bridgehead atoms. The fourth-order valence-corrected chi connectivity index (χ4v) is 4.98. The fourth-order valence-electron chi connectivity index (χ4n) is 4.98. The molecule has 0 aliphatic carbocycles. The molecule has 0 aromatic heterocycles. The molecule has 3 saturated heterocycles. The maximum absolute atomic E-state index is 13.6.